The first kappa shape index (κ1) is 10.6. The zero-order valence-electron chi connectivity index (χ0n) is 10.4. The molecule has 2 fully saturated rings. The third kappa shape index (κ3) is 1.57. The lowest BCUT2D eigenvalue weighted by molar-refractivity contribution is -0.119. The van der Waals surface area contributed by atoms with Crippen LogP contribution in [-0.4, -0.2) is 28.5 Å². The Morgan fingerprint density at radius 1 is 1.33 bits per heavy atom. The highest BCUT2D eigenvalue weighted by molar-refractivity contribution is 5.78. The van der Waals surface area contributed by atoms with Crippen LogP contribution in [0.2, 0.25) is 0 Å². The van der Waals surface area contributed by atoms with Crippen molar-refractivity contribution in [3.05, 3.63) is 17.2 Å². The summed E-state index contributed by atoms with van der Waals surface area (Å²) < 4.78 is 2.39. The van der Waals surface area contributed by atoms with Crippen LogP contribution in [0.3, 0.4) is 0 Å². The summed E-state index contributed by atoms with van der Waals surface area (Å²) in [4.78, 5) is 16.3. The van der Waals surface area contributed by atoms with E-state index in [-0.39, 0.29) is 5.91 Å². The van der Waals surface area contributed by atoms with E-state index in [4.69, 9.17) is 4.98 Å². The van der Waals surface area contributed by atoms with Crippen LogP contribution >= 0.6 is 0 Å². The standard InChI is InChI=1S/C13H18N4O/c18-12-5-9(6-15-12)17-11-3-4-14-7-10(11)16-13(17)8-1-2-8/h8-9,14H,1-7H2,(H,15,18). The molecule has 1 aromatic rings. The lowest BCUT2D eigenvalue weighted by Crippen LogP contribution is -2.26. The second-order valence-electron chi connectivity index (χ2n) is 5.60. The molecule has 96 valence electrons. The molecule has 2 aliphatic heterocycles. The number of amides is 1. The Morgan fingerprint density at radius 2 is 2.22 bits per heavy atom. The highest BCUT2D eigenvalue weighted by atomic mass is 16.1. The summed E-state index contributed by atoms with van der Waals surface area (Å²) in [5.74, 6) is 2.06. The van der Waals surface area contributed by atoms with E-state index in [0.29, 0.717) is 18.4 Å². The molecule has 1 amide bonds. The van der Waals surface area contributed by atoms with Gasteiger partial charge in [-0.25, -0.2) is 4.98 Å². The van der Waals surface area contributed by atoms with E-state index in [2.05, 4.69) is 15.2 Å². The van der Waals surface area contributed by atoms with Gasteiger partial charge in [0.2, 0.25) is 5.91 Å². The fourth-order valence-corrected chi connectivity index (χ4v) is 3.16. The van der Waals surface area contributed by atoms with Gasteiger partial charge in [0.1, 0.15) is 5.82 Å². The van der Waals surface area contributed by atoms with Crippen LogP contribution in [0.25, 0.3) is 0 Å². The summed E-state index contributed by atoms with van der Waals surface area (Å²) in [6.07, 6.45) is 4.19. The van der Waals surface area contributed by atoms with Crippen molar-refractivity contribution in [1.82, 2.24) is 20.2 Å². The van der Waals surface area contributed by atoms with Crippen LogP contribution in [-0.2, 0) is 17.8 Å². The van der Waals surface area contributed by atoms with Crippen LogP contribution in [0.15, 0.2) is 0 Å². The Morgan fingerprint density at radius 3 is 2.94 bits per heavy atom. The van der Waals surface area contributed by atoms with Gasteiger partial charge < -0.3 is 15.2 Å². The number of nitrogens with zero attached hydrogens (tertiary/aromatic N) is 2. The van der Waals surface area contributed by atoms with E-state index < -0.39 is 0 Å². The molecule has 5 heteroatoms. The number of imidazole rings is 1. The number of rotatable bonds is 2. The number of hydrogen-bond acceptors (Lipinski definition) is 3. The minimum atomic E-state index is 0.179. The largest absolute Gasteiger partial charge is 0.354 e. The third-order valence-corrected chi connectivity index (χ3v) is 4.21. The molecular formula is C13H18N4O. The van der Waals surface area contributed by atoms with Gasteiger partial charge in [-0.15, -0.1) is 0 Å². The summed E-state index contributed by atoms with van der Waals surface area (Å²) in [6, 6.07) is 0.294. The summed E-state index contributed by atoms with van der Waals surface area (Å²) >= 11 is 0. The van der Waals surface area contributed by atoms with E-state index in [9.17, 15) is 4.79 Å². The Bertz CT molecular complexity index is 503. The van der Waals surface area contributed by atoms with Gasteiger partial charge >= 0.3 is 0 Å². The number of nitrogens with one attached hydrogen (secondary N) is 2. The quantitative estimate of drug-likeness (QED) is 0.797. The van der Waals surface area contributed by atoms with Gasteiger partial charge in [-0.3, -0.25) is 4.79 Å². The number of carbonyl (C=O) groups excluding carboxylic acids is 1. The number of aromatic nitrogens is 2. The number of carbonyl (C=O) groups is 1. The predicted molar refractivity (Wildman–Crippen MR) is 66.3 cm³/mol. The molecule has 1 atom stereocenters. The molecule has 1 saturated heterocycles. The maximum Gasteiger partial charge on any atom is 0.222 e. The van der Waals surface area contributed by atoms with Gasteiger partial charge in [-0.1, -0.05) is 0 Å². The molecule has 1 unspecified atom stereocenters. The van der Waals surface area contributed by atoms with E-state index in [1.165, 1.54) is 30.1 Å². The molecule has 4 rings (SSSR count). The minimum Gasteiger partial charge on any atom is -0.354 e. The Hall–Kier alpha value is -1.36. The minimum absolute atomic E-state index is 0.179. The van der Waals surface area contributed by atoms with E-state index in [1.54, 1.807) is 0 Å². The molecule has 5 nitrogen and oxygen atoms in total. The lowest BCUT2D eigenvalue weighted by atomic mass is 10.1. The van der Waals surface area contributed by atoms with Crippen LogP contribution in [0.1, 0.15) is 48.4 Å². The van der Waals surface area contributed by atoms with Crippen molar-refractivity contribution in [3.8, 4) is 0 Å². The molecule has 0 bridgehead atoms. The van der Waals surface area contributed by atoms with Crippen LogP contribution in [0.4, 0.5) is 0 Å². The van der Waals surface area contributed by atoms with Crippen molar-refractivity contribution in [1.29, 1.82) is 0 Å². The fraction of sp³-hybridized carbons (Fsp3) is 0.692. The smallest absolute Gasteiger partial charge is 0.222 e. The summed E-state index contributed by atoms with van der Waals surface area (Å²) in [5.41, 5.74) is 2.58. The highest BCUT2D eigenvalue weighted by Gasteiger charge is 2.36. The average Bonchev–Trinajstić information content (AvgIpc) is 3.03. The molecule has 0 radical (unpaired) electrons. The highest BCUT2D eigenvalue weighted by Crippen LogP contribution is 2.42. The molecule has 1 aromatic heterocycles. The molecule has 3 heterocycles. The van der Waals surface area contributed by atoms with Gasteiger partial charge in [0.15, 0.2) is 0 Å². The van der Waals surface area contributed by atoms with Gasteiger partial charge in [-0.05, 0) is 12.8 Å². The van der Waals surface area contributed by atoms with Gasteiger partial charge in [0, 0.05) is 44.1 Å². The fourth-order valence-electron chi connectivity index (χ4n) is 3.16. The molecule has 2 N–H and O–H groups in total. The number of hydrogen-bond donors (Lipinski definition) is 2. The first-order valence-electron chi connectivity index (χ1n) is 6.90. The molecule has 0 spiro atoms. The monoisotopic (exact) mass is 246 g/mol. The summed E-state index contributed by atoms with van der Waals surface area (Å²) in [6.45, 7) is 2.68. The van der Waals surface area contributed by atoms with Crippen molar-refractivity contribution in [2.45, 2.75) is 44.2 Å². The van der Waals surface area contributed by atoms with Gasteiger partial charge in [0.25, 0.3) is 0 Å². The molecular weight excluding hydrogens is 228 g/mol. The van der Waals surface area contributed by atoms with Crippen molar-refractivity contribution in [3.63, 3.8) is 0 Å². The van der Waals surface area contributed by atoms with Crippen molar-refractivity contribution < 1.29 is 4.79 Å². The van der Waals surface area contributed by atoms with E-state index in [0.717, 1.165) is 26.1 Å². The summed E-state index contributed by atoms with van der Waals surface area (Å²) in [7, 11) is 0. The van der Waals surface area contributed by atoms with Crippen molar-refractivity contribution >= 4 is 5.91 Å². The molecule has 1 saturated carbocycles. The SMILES string of the molecule is O=C1CC(n2c(C3CC3)nc3c2CCNC3)CN1. The Labute approximate surface area is 106 Å². The first-order valence-corrected chi connectivity index (χ1v) is 6.90. The molecule has 0 aromatic carbocycles. The molecule has 1 aliphatic carbocycles. The first-order chi connectivity index (χ1) is 8.83. The zero-order valence-corrected chi connectivity index (χ0v) is 10.4. The third-order valence-electron chi connectivity index (χ3n) is 4.21. The second kappa shape index (κ2) is 3.82. The maximum atomic E-state index is 11.5. The summed E-state index contributed by atoms with van der Waals surface area (Å²) in [5, 5.41) is 6.33. The number of fused-ring (bicyclic) bond motifs is 1. The maximum absolute atomic E-state index is 11.5. The normalized spacial score (nSPS) is 27.1. The predicted octanol–water partition coefficient (Wildman–Crippen LogP) is 0.467. The Balaban J connectivity index is 1.78. The van der Waals surface area contributed by atoms with E-state index in [1.807, 2.05) is 0 Å². The van der Waals surface area contributed by atoms with Crippen molar-refractivity contribution in [2.75, 3.05) is 13.1 Å². The molecule has 18 heavy (non-hydrogen) atoms. The second-order valence-corrected chi connectivity index (χ2v) is 5.60. The topological polar surface area (TPSA) is 59.0 Å². The van der Waals surface area contributed by atoms with E-state index >= 15 is 0 Å². The molecule has 3 aliphatic rings. The lowest BCUT2D eigenvalue weighted by Gasteiger charge is -2.20. The van der Waals surface area contributed by atoms with Gasteiger partial charge in [-0.2, -0.15) is 0 Å². The van der Waals surface area contributed by atoms with Crippen LogP contribution < -0.4 is 10.6 Å². The van der Waals surface area contributed by atoms with Crippen molar-refractivity contribution in [2.24, 2.45) is 0 Å². The van der Waals surface area contributed by atoms with Gasteiger partial charge in [0.05, 0.1) is 11.7 Å². The zero-order chi connectivity index (χ0) is 12.1. The van der Waals surface area contributed by atoms with Crippen LogP contribution in [0, 0.1) is 0 Å². The Kier molecular flexibility index (Phi) is 2.24. The van der Waals surface area contributed by atoms with Crippen LogP contribution in [0.5, 0.6) is 0 Å². The average molecular weight is 246 g/mol.